The minimum Gasteiger partial charge on any atom is -0.468 e. The van der Waals surface area contributed by atoms with Crippen LogP contribution in [0, 0.1) is 11.3 Å². The summed E-state index contributed by atoms with van der Waals surface area (Å²) in [6, 6.07) is 9.09. The molecule has 2 rings (SSSR count). The second-order valence-electron chi connectivity index (χ2n) is 4.54. The molecule has 0 aliphatic carbocycles. The molecule has 0 radical (unpaired) electrons. The summed E-state index contributed by atoms with van der Waals surface area (Å²) in [6.07, 6.45) is 0.517. The SMILES string of the molecule is COC(=O)C(C#N)c1nc2ccccc2nc1NCCCO. The van der Waals surface area contributed by atoms with Crippen LogP contribution in [0.5, 0.6) is 0 Å². The molecule has 0 spiro atoms. The van der Waals surface area contributed by atoms with E-state index in [-0.39, 0.29) is 12.3 Å². The topological polar surface area (TPSA) is 108 Å². The van der Waals surface area contributed by atoms with Gasteiger partial charge >= 0.3 is 5.97 Å². The first-order chi connectivity index (χ1) is 10.7. The smallest absolute Gasteiger partial charge is 0.329 e. The zero-order valence-electron chi connectivity index (χ0n) is 12.1. The fraction of sp³-hybridized carbons (Fsp3) is 0.333. The maximum absolute atomic E-state index is 11.8. The van der Waals surface area contributed by atoms with Gasteiger partial charge in [0.2, 0.25) is 0 Å². The number of para-hydroxylation sites is 2. The van der Waals surface area contributed by atoms with Crippen molar-refractivity contribution in [2.75, 3.05) is 25.6 Å². The molecule has 0 saturated heterocycles. The molecule has 1 heterocycles. The Hall–Kier alpha value is -2.72. The monoisotopic (exact) mass is 300 g/mol. The molecule has 1 aromatic heterocycles. The molecule has 0 amide bonds. The Kier molecular flexibility index (Phi) is 5.22. The first-order valence-corrected chi connectivity index (χ1v) is 6.80. The van der Waals surface area contributed by atoms with Gasteiger partial charge in [-0.25, -0.2) is 9.97 Å². The summed E-state index contributed by atoms with van der Waals surface area (Å²) >= 11 is 0. The molecule has 1 aromatic carbocycles. The standard InChI is InChI=1S/C15H16N4O3/c1-22-15(21)10(9-16)13-14(17-7-4-8-20)19-12-6-3-2-5-11(12)18-13/h2-3,5-6,10,20H,4,7-8H2,1H3,(H,17,19). The first kappa shape index (κ1) is 15.7. The summed E-state index contributed by atoms with van der Waals surface area (Å²) in [5, 5.41) is 21.1. The largest absolute Gasteiger partial charge is 0.468 e. The van der Waals surface area contributed by atoms with Crippen LogP contribution in [0.2, 0.25) is 0 Å². The number of benzene rings is 1. The van der Waals surface area contributed by atoms with Gasteiger partial charge in [0.05, 0.1) is 24.2 Å². The Morgan fingerprint density at radius 2 is 2.09 bits per heavy atom. The molecule has 0 bridgehead atoms. The highest BCUT2D eigenvalue weighted by Gasteiger charge is 2.27. The second-order valence-corrected chi connectivity index (χ2v) is 4.54. The summed E-state index contributed by atoms with van der Waals surface area (Å²) in [6.45, 7) is 0.484. The van der Waals surface area contributed by atoms with E-state index >= 15 is 0 Å². The van der Waals surface area contributed by atoms with Gasteiger partial charge in [0.25, 0.3) is 0 Å². The Labute approximate surface area is 127 Å². The first-order valence-electron chi connectivity index (χ1n) is 6.80. The lowest BCUT2D eigenvalue weighted by Gasteiger charge is -2.13. The Bertz CT molecular complexity index is 711. The molecule has 0 saturated carbocycles. The average Bonchev–Trinajstić information content (AvgIpc) is 2.55. The van der Waals surface area contributed by atoms with Crippen LogP contribution in [-0.4, -0.2) is 41.3 Å². The molecule has 0 fully saturated rings. The van der Waals surface area contributed by atoms with Crippen LogP contribution in [-0.2, 0) is 9.53 Å². The van der Waals surface area contributed by atoms with Gasteiger partial charge in [0.15, 0.2) is 11.7 Å². The maximum atomic E-state index is 11.8. The van der Waals surface area contributed by atoms with Crippen molar-refractivity contribution in [2.45, 2.75) is 12.3 Å². The van der Waals surface area contributed by atoms with Crippen molar-refractivity contribution in [3.8, 4) is 6.07 Å². The quantitative estimate of drug-likeness (QED) is 0.609. The van der Waals surface area contributed by atoms with Crippen LogP contribution in [0.3, 0.4) is 0 Å². The summed E-state index contributed by atoms with van der Waals surface area (Å²) in [7, 11) is 1.22. The predicted molar refractivity (Wildman–Crippen MR) is 80.1 cm³/mol. The third kappa shape index (κ3) is 3.30. The average molecular weight is 300 g/mol. The molecule has 1 atom stereocenters. The van der Waals surface area contributed by atoms with Gasteiger partial charge < -0.3 is 15.2 Å². The number of hydrogen-bond acceptors (Lipinski definition) is 7. The Balaban J connectivity index is 2.50. The van der Waals surface area contributed by atoms with Gasteiger partial charge in [-0.1, -0.05) is 12.1 Å². The van der Waals surface area contributed by atoms with E-state index < -0.39 is 11.9 Å². The number of aliphatic hydroxyl groups is 1. The van der Waals surface area contributed by atoms with E-state index in [1.807, 2.05) is 12.1 Å². The van der Waals surface area contributed by atoms with Crippen molar-refractivity contribution in [1.29, 1.82) is 5.26 Å². The van der Waals surface area contributed by atoms with Crippen LogP contribution in [0.1, 0.15) is 18.0 Å². The number of carbonyl (C=O) groups excluding carboxylic acids is 1. The van der Waals surface area contributed by atoms with E-state index in [1.165, 1.54) is 7.11 Å². The zero-order chi connectivity index (χ0) is 15.9. The van der Waals surface area contributed by atoms with Crippen molar-refractivity contribution in [2.24, 2.45) is 0 Å². The zero-order valence-corrected chi connectivity index (χ0v) is 12.1. The van der Waals surface area contributed by atoms with Crippen LogP contribution in [0.25, 0.3) is 11.0 Å². The highest BCUT2D eigenvalue weighted by Crippen LogP contribution is 2.24. The number of anilines is 1. The van der Waals surface area contributed by atoms with Crippen LogP contribution in [0.15, 0.2) is 24.3 Å². The van der Waals surface area contributed by atoms with E-state index in [0.717, 1.165) is 0 Å². The number of carbonyl (C=O) groups is 1. The number of rotatable bonds is 6. The molecule has 114 valence electrons. The lowest BCUT2D eigenvalue weighted by molar-refractivity contribution is -0.141. The molecule has 2 N–H and O–H groups in total. The number of nitrogens with zero attached hydrogens (tertiary/aromatic N) is 3. The highest BCUT2D eigenvalue weighted by molar-refractivity contribution is 5.84. The molecular weight excluding hydrogens is 284 g/mol. The summed E-state index contributed by atoms with van der Waals surface area (Å²) in [4.78, 5) is 20.6. The van der Waals surface area contributed by atoms with Gasteiger partial charge in [0, 0.05) is 13.2 Å². The fourth-order valence-electron chi connectivity index (χ4n) is 1.97. The maximum Gasteiger partial charge on any atom is 0.329 e. The van der Waals surface area contributed by atoms with Crippen LogP contribution >= 0.6 is 0 Å². The van der Waals surface area contributed by atoms with Crippen LogP contribution in [0.4, 0.5) is 5.82 Å². The van der Waals surface area contributed by atoms with E-state index in [4.69, 9.17) is 5.11 Å². The molecule has 0 aliphatic rings. The molecule has 2 aromatic rings. The third-order valence-electron chi connectivity index (χ3n) is 3.06. The van der Waals surface area contributed by atoms with Gasteiger partial charge in [-0.15, -0.1) is 0 Å². The number of aliphatic hydroxyl groups excluding tert-OH is 1. The van der Waals surface area contributed by atoms with Gasteiger partial charge in [-0.3, -0.25) is 4.79 Å². The molecular formula is C15H16N4O3. The Morgan fingerprint density at radius 3 is 2.68 bits per heavy atom. The van der Waals surface area contributed by atoms with E-state index in [0.29, 0.717) is 29.8 Å². The summed E-state index contributed by atoms with van der Waals surface area (Å²) in [5.74, 6) is -1.49. The lowest BCUT2D eigenvalue weighted by Crippen LogP contribution is -2.18. The minimum absolute atomic E-state index is 0.0298. The Morgan fingerprint density at radius 1 is 1.41 bits per heavy atom. The number of ether oxygens (including phenoxy) is 1. The molecule has 22 heavy (non-hydrogen) atoms. The lowest BCUT2D eigenvalue weighted by atomic mass is 10.1. The number of aromatic nitrogens is 2. The van der Waals surface area contributed by atoms with Crippen LogP contribution < -0.4 is 5.32 Å². The molecule has 0 aliphatic heterocycles. The third-order valence-corrected chi connectivity index (χ3v) is 3.06. The van der Waals surface area contributed by atoms with Crippen molar-refractivity contribution in [3.63, 3.8) is 0 Å². The molecule has 7 heteroatoms. The van der Waals surface area contributed by atoms with E-state index in [1.54, 1.807) is 18.2 Å². The number of nitrogens with one attached hydrogen (secondary N) is 1. The van der Waals surface area contributed by atoms with E-state index in [2.05, 4.69) is 20.0 Å². The van der Waals surface area contributed by atoms with Gasteiger partial charge in [-0.2, -0.15) is 5.26 Å². The summed E-state index contributed by atoms with van der Waals surface area (Å²) in [5.41, 5.74) is 1.47. The number of fused-ring (bicyclic) bond motifs is 1. The predicted octanol–water partition coefficient (Wildman–Crippen LogP) is 1.20. The number of nitriles is 1. The number of hydrogen-bond donors (Lipinski definition) is 2. The number of esters is 1. The fourth-order valence-corrected chi connectivity index (χ4v) is 1.97. The summed E-state index contributed by atoms with van der Waals surface area (Å²) < 4.78 is 4.65. The minimum atomic E-state index is -1.15. The molecule has 7 nitrogen and oxygen atoms in total. The van der Waals surface area contributed by atoms with E-state index in [9.17, 15) is 10.1 Å². The van der Waals surface area contributed by atoms with Gasteiger partial charge in [-0.05, 0) is 18.6 Å². The highest BCUT2D eigenvalue weighted by atomic mass is 16.5. The van der Waals surface area contributed by atoms with Crippen molar-refractivity contribution in [3.05, 3.63) is 30.0 Å². The van der Waals surface area contributed by atoms with Crippen molar-refractivity contribution in [1.82, 2.24) is 9.97 Å². The molecule has 1 unspecified atom stereocenters. The van der Waals surface area contributed by atoms with Crippen molar-refractivity contribution >= 4 is 22.8 Å². The normalized spacial score (nSPS) is 11.7. The van der Waals surface area contributed by atoms with Crippen molar-refractivity contribution < 1.29 is 14.6 Å². The second kappa shape index (κ2) is 7.33. The number of methoxy groups -OCH3 is 1. The van der Waals surface area contributed by atoms with Gasteiger partial charge in [0.1, 0.15) is 5.69 Å².